The maximum Gasteiger partial charge on any atom is 0.635 e. The predicted molar refractivity (Wildman–Crippen MR) is 106 cm³/mol. The van der Waals surface area contributed by atoms with E-state index in [4.69, 9.17) is 14.7 Å². The minimum absolute atomic E-state index is 0.0825. The molecule has 2 rings (SSSR count). The van der Waals surface area contributed by atoms with Crippen molar-refractivity contribution in [3.8, 4) is 0 Å². The molecule has 2 unspecified atom stereocenters. The largest absolute Gasteiger partial charge is 0.635 e. The Morgan fingerprint density at radius 2 is 1.86 bits per heavy atom. The van der Waals surface area contributed by atoms with E-state index in [0.29, 0.717) is 6.42 Å². The number of hydrogen-bond donors (Lipinski definition) is 4. The first-order chi connectivity index (χ1) is 13.8. The zero-order valence-corrected chi connectivity index (χ0v) is 16.4. The summed E-state index contributed by atoms with van der Waals surface area (Å²) in [7, 11) is -2.03. The number of nitrogens with one attached hydrogen (secondary N) is 2. The SMILES string of the molecule is CC(C)CC(NC(=O)C(Cc1ccccc1)NC(=O)c1cnccn1)OB(O)O. The van der Waals surface area contributed by atoms with Gasteiger partial charge in [0, 0.05) is 18.8 Å². The van der Waals surface area contributed by atoms with Crippen LogP contribution in [-0.2, 0) is 15.9 Å². The first kappa shape index (κ1) is 22.5. The molecule has 0 aliphatic carbocycles. The Morgan fingerprint density at radius 3 is 2.45 bits per heavy atom. The Bertz CT molecular complexity index is 767. The highest BCUT2D eigenvalue weighted by molar-refractivity contribution is 6.32. The molecule has 4 N–H and O–H groups in total. The van der Waals surface area contributed by atoms with Crippen molar-refractivity contribution in [2.45, 2.75) is 39.0 Å². The van der Waals surface area contributed by atoms with Gasteiger partial charge in [0.2, 0.25) is 5.91 Å². The summed E-state index contributed by atoms with van der Waals surface area (Å²) < 4.78 is 4.97. The van der Waals surface area contributed by atoms with Crippen molar-refractivity contribution >= 4 is 19.1 Å². The molecule has 1 aromatic carbocycles. The lowest BCUT2D eigenvalue weighted by Crippen LogP contribution is -2.52. The second-order valence-corrected chi connectivity index (χ2v) is 6.90. The Labute approximate surface area is 169 Å². The highest BCUT2D eigenvalue weighted by Gasteiger charge is 2.27. The van der Waals surface area contributed by atoms with Crippen LogP contribution >= 0.6 is 0 Å². The second-order valence-electron chi connectivity index (χ2n) is 6.90. The van der Waals surface area contributed by atoms with E-state index < -0.39 is 31.4 Å². The van der Waals surface area contributed by atoms with Gasteiger partial charge < -0.3 is 25.3 Å². The van der Waals surface area contributed by atoms with Crippen LogP contribution in [-0.4, -0.2) is 51.4 Å². The third kappa shape index (κ3) is 7.98. The number of aromatic nitrogens is 2. The monoisotopic (exact) mass is 400 g/mol. The molecule has 1 aromatic heterocycles. The number of nitrogens with zero attached hydrogens (tertiary/aromatic N) is 2. The zero-order chi connectivity index (χ0) is 21.2. The number of hydrogen-bond acceptors (Lipinski definition) is 7. The molecule has 0 saturated heterocycles. The van der Waals surface area contributed by atoms with E-state index in [1.165, 1.54) is 18.6 Å². The molecule has 2 aromatic rings. The minimum Gasteiger partial charge on any atom is -0.402 e. The van der Waals surface area contributed by atoms with Crippen molar-refractivity contribution in [3.63, 3.8) is 0 Å². The number of amides is 2. The standard InChI is InChI=1S/C19H25BN4O5/c1-13(2)10-17(29-20(27)28)24-18(25)15(11-14-6-4-3-5-7-14)23-19(26)16-12-21-8-9-22-16/h3-9,12-13,15,17,27-28H,10-11H2,1-2H3,(H,23,26)(H,24,25). The van der Waals surface area contributed by atoms with Crippen molar-refractivity contribution in [1.82, 2.24) is 20.6 Å². The minimum atomic E-state index is -2.03. The van der Waals surface area contributed by atoms with Crippen molar-refractivity contribution in [1.29, 1.82) is 0 Å². The number of carbonyl (C=O) groups excluding carboxylic acids is 2. The van der Waals surface area contributed by atoms with Crippen molar-refractivity contribution in [2.24, 2.45) is 5.92 Å². The fraction of sp³-hybridized carbons (Fsp3) is 0.368. The van der Waals surface area contributed by atoms with Gasteiger partial charge in [-0.1, -0.05) is 44.2 Å². The van der Waals surface area contributed by atoms with E-state index in [1.807, 2.05) is 44.2 Å². The lowest BCUT2D eigenvalue weighted by atomic mass is 10.0. The summed E-state index contributed by atoms with van der Waals surface area (Å²) in [6.45, 7) is 3.81. The van der Waals surface area contributed by atoms with Gasteiger partial charge in [0.15, 0.2) is 0 Å². The lowest BCUT2D eigenvalue weighted by molar-refractivity contribution is -0.126. The summed E-state index contributed by atoms with van der Waals surface area (Å²) in [5.74, 6) is -0.934. The Morgan fingerprint density at radius 1 is 1.14 bits per heavy atom. The second kappa shape index (κ2) is 11.3. The van der Waals surface area contributed by atoms with Gasteiger partial charge >= 0.3 is 7.32 Å². The fourth-order valence-corrected chi connectivity index (χ4v) is 2.69. The molecule has 2 amide bonds. The fourth-order valence-electron chi connectivity index (χ4n) is 2.69. The van der Waals surface area contributed by atoms with Crippen LogP contribution in [0.4, 0.5) is 0 Å². The van der Waals surface area contributed by atoms with E-state index in [0.717, 1.165) is 5.56 Å². The Kier molecular flexibility index (Phi) is 8.72. The van der Waals surface area contributed by atoms with Crippen LogP contribution in [0.25, 0.3) is 0 Å². The molecule has 154 valence electrons. The summed E-state index contributed by atoms with van der Waals surface area (Å²) in [6.07, 6.45) is 3.80. The van der Waals surface area contributed by atoms with Crippen LogP contribution in [0.3, 0.4) is 0 Å². The van der Waals surface area contributed by atoms with Gasteiger partial charge in [-0.3, -0.25) is 14.6 Å². The molecule has 0 saturated carbocycles. The summed E-state index contributed by atoms with van der Waals surface area (Å²) in [5, 5.41) is 23.5. The van der Waals surface area contributed by atoms with Crippen molar-refractivity contribution in [3.05, 3.63) is 60.2 Å². The Hall–Kier alpha value is -2.82. The zero-order valence-electron chi connectivity index (χ0n) is 16.4. The first-order valence-corrected chi connectivity index (χ1v) is 9.28. The average Bonchev–Trinajstić information content (AvgIpc) is 2.67. The van der Waals surface area contributed by atoms with Gasteiger partial charge in [0.05, 0.1) is 6.20 Å². The number of rotatable bonds is 10. The molecule has 0 aliphatic heterocycles. The summed E-state index contributed by atoms with van der Waals surface area (Å²) in [4.78, 5) is 33.2. The van der Waals surface area contributed by atoms with E-state index >= 15 is 0 Å². The smallest absolute Gasteiger partial charge is 0.402 e. The Balaban J connectivity index is 2.15. The van der Waals surface area contributed by atoms with Crippen LogP contribution < -0.4 is 10.6 Å². The molecule has 0 fully saturated rings. The van der Waals surface area contributed by atoms with Crippen LogP contribution in [0.5, 0.6) is 0 Å². The molecule has 0 bridgehead atoms. The maximum absolute atomic E-state index is 12.9. The van der Waals surface area contributed by atoms with Gasteiger partial charge in [-0.25, -0.2) is 4.98 Å². The van der Waals surface area contributed by atoms with Crippen molar-refractivity contribution in [2.75, 3.05) is 0 Å². The molecule has 9 nitrogen and oxygen atoms in total. The first-order valence-electron chi connectivity index (χ1n) is 9.28. The van der Waals surface area contributed by atoms with Crippen LogP contribution in [0, 0.1) is 5.92 Å². The summed E-state index contributed by atoms with van der Waals surface area (Å²) >= 11 is 0. The van der Waals surface area contributed by atoms with E-state index in [2.05, 4.69) is 20.6 Å². The molecule has 0 spiro atoms. The highest BCUT2D eigenvalue weighted by atomic mass is 16.6. The van der Waals surface area contributed by atoms with Gasteiger partial charge in [-0.2, -0.15) is 0 Å². The van der Waals surface area contributed by atoms with E-state index in [-0.39, 0.29) is 18.0 Å². The van der Waals surface area contributed by atoms with Crippen molar-refractivity contribution < 1.29 is 24.3 Å². The van der Waals surface area contributed by atoms with Crippen LogP contribution in [0.2, 0.25) is 0 Å². The van der Waals surface area contributed by atoms with E-state index in [1.54, 1.807) is 0 Å². The quantitative estimate of drug-likeness (QED) is 0.333. The summed E-state index contributed by atoms with van der Waals surface area (Å²) in [6, 6.07) is 8.28. The maximum atomic E-state index is 12.9. The molecular formula is C19H25BN4O5. The highest BCUT2D eigenvalue weighted by Crippen LogP contribution is 2.09. The molecule has 1 heterocycles. The number of benzene rings is 1. The molecule has 10 heteroatoms. The molecule has 29 heavy (non-hydrogen) atoms. The molecular weight excluding hydrogens is 375 g/mol. The van der Waals surface area contributed by atoms with Crippen LogP contribution in [0.15, 0.2) is 48.9 Å². The molecule has 0 radical (unpaired) electrons. The summed E-state index contributed by atoms with van der Waals surface area (Å²) in [5.41, 5.74) is 0.926. The number of carbonyl (C=O) groups is 2. The molecule has 0 aliphatic rings. The third-order valence-corrected chi connectivity index (χ3v) is 3.97. The van der Waals surface area contributed by atoms with Gasteiger partial charge in [0.1, 0.15) is 18.0 Å². The lowest BCUT2D eigenvalue weighted by Gasteiger charge is -2.25. The average molecular weight is 400 g/mol. The van der Waals surface area contributed by atoms with Gasteiger partial charge in [-0.05, 0) is 17.9 Å². The van der Waals surface area contributed by atoms with Crippen LogP contribution in [0.1, 0.15) is 36.3 Å². The van der Waals surface area contributed by atoms with Gasteiger partial charge in [-0.15, -0.1) is 0 Å². The van der Waals surface area contributed by atoms with E-state index in [9.17, 15) is 9.59 Å². The normalized spacial score (nSPS) is 12.9. The predicted octanol–water partition coefficient (Wildman–Crippen LogP) is 0.292. The topological polar surface area (TPSA) is 134 Å². The third-order valence-electron chi connectivity index (χ3n) is 3.97. The van der Waals surface area contributed by atoms with Gasteiger partial charge in [0.25, 0.3) is 5.91 Å². The molecule has 2 atom stereocenters.